The fourth-order valence-electron chi connectivity index (χ4n) is 2.47. The maximum Gasteiger partial charge on any atom is 0.317 e. The Morgan fingerprint density at radius 3 is 2.89 bits per heavy atom. The van der Waals surface area contributed by atoms with Crippen LogP contribution in [0.25, 0.3) is 0 Å². The first-order valence-corrected chi connectivity index (χ1v) is 6.97. The van der Waals surface area contributed by atoms with Crippen molar-refractivity contribution in [2.24, 2.45) is 5.92 Å². The van der Waals surface area contributed by atoms with Gasteiger partial charge in [0.25, 0.3) is 0 Å². The molecular formula is C15H22N2O2. The number of rotatable bonds is 4. The van der Waals surface area contributed by atoms with Crippen LogP contribution in [0.1, 0.15) is 18.4 Å². The fraction of sp³-hybridized carbons (Fsp3) is 0.533. The van der Waals surface area contributed by atoms with E-state index < -0.39 is 0 Å². The topological polar surface area (TPSA) is 52.6 Å². The minimum absolute atomic E-state index is 0.00548. The van der Waals surface area contributed by atoms with Crippen LogP contribution in [0, 0.1) is 5.92 Å². The smallest absolute Gasteiger partial charge is 0.317 e. The summed E-state index contributed by atoms with van der Waals surface area (Å²) in [5.41, 5.74) is 1.23. The lowest BCUT2D eigenvalue weighted by atomic mass is 9.99. The molecule has 1 aromatic carbocycles. The van der Waals surface area contributed by atoms with E-state index in [1.54, 1.807) is 0 Å². The van der Waals surface area contributed by atoms with Crippen molar-refractivity contribution in [3.8, 4) is 0 Å². The van der Waals surface area contributed by atoms with Crippen LogP contribution in [0.5, 0.6) is 0 Å². The Morgan fingerprint density at radius 1 is 1.37 bits per heavy atom. The third-order valence-electron chi connectivity index (χ3n) is 3.60. The predicted molar refractivity (Wildman–Crippen MR) is 74.9 cm³/mol. The molecule has 0 spiro atoms. The summed E-state index contributed by atoms with van der Waals surface area (Å²) in [6.45, 7) is 2.30. The van der Waals surface area contributed by atoms with Gasteiger partial charge in [-0.05, 0) is 30.7 Å². The van der Waals surface area contributed by atoms with Crippen LogP contribution in [0.4, 0.5) is 4.79 Å². The third-order valence-corrected chi connectivity index (χ3v) is 3.60. The zero-order chi connectivity index (χ0) is 13.5. The molecule has 1 unspecified atom stereocenters. The average Bonchev–Trinajstić information content (AvgIpc) is 2.48. The SMILES string of the molecule is O=C(NCCc1ccccc1)N1CCCC(CO)C1. The summed E-state index contributed by atoms with van der Waals surface area (Å²) in [5.74, 6) is 0.244. The molecule has 19 heavy (non-hydrogen) atoms. The predicted octanol–water partition coefficient (Wildman–Crippen LogP) is 1.64. The van der Waals surface area contributed by atoms with Crippen molar-refractivity contribution < 1.29 is 9.90 Å². The number of aliphatic hydroxyl groups is 1. The second-order valence-corrected chi connectivity index (χ2v) is 5.10. The van der Waals surface area contributed by atoms with E-state index >= 15 is 0 Å². The molecule has 0 aliphatic carbocycles. The zero-order valence-corrected chi connectivity index (χ0v) is 11.2. The standard InChI is InChI=1S/C15H22N2O2/c18-12-14-7-4-10-17(11-14)15(19)16-9-8-13-5-2-1-3-6-13/h1-3,5-6,14,18H,4,7-12H2,(H,16,19). The fourth-order valence-corrected chi connectivity index (χ4v) is 2.47. The molecule has 1 heterocycles. The van der Waals surface area contributed by atoms with Gasteiger partial charge in [-0.1, -0.05) is 30.3 Å². The number of carbonyl (C=O) groups excluding carboxylic acids is 1. The van der Waals surface area contributed by atoms with Crippen LogP contribution in [0.15, 0.2) is 30.3 Å². The average molecular weight is 262 g/mol. The molecule has 1 aromatic rings. The lowest BCUT2D eigenvalue weighted by Crippen LogP contribution is -2.46. The summed E-state index contributed by atoms with van der Waals surface area (Å²) in [6.07, 6.45) is 2.85. The van der Waals surface area contributed by atoms with E-state index in [0.29, 0.717) is 13.1 Å². The highest BCUT2D eigenvalue weighted by Crippen LogP contribution is 2.15. The first-order chi connectivity index (χ1) is 9.29. The Morgan fingerprint density at radius 2 is 2.16 bits per heavy atom. The summed E-state index contributed by atoms with van der Waals surface area (Å²) in [5, 5.41) is 12.1. The van der Waals surface area contributed by atoms with E-state index in [9.17, 15) is 4.79 Å². The van der Waals surface area contributed by atoms with Crippen LogP contribution < -0.4 is 5.32 Å². The number of amides is 2. The van der Waals surface area contributed by atoms with Crippen LogP contribution in [-0.2, 0) is 6.42 Å². The number of benzene rings is 1. The largest absolute Gasteiger partial charge is 0.396 e. The number of urea groups is 1. The third kappa shape index (κ3) is 4.24. The van der Waals surface area contributed by atoms with Gasteiger partial charge in [-0.3, -0.25) is 0 Å². The monoisotopic (exact) mass is 262 g/mol. The summed E-state index contributed by atoms with van der Waals surface area (Å²) in [4.78, 5) is 13.8. The van der Waals surface area contributed by atoms with Gasteiger partial charge >= 0.3 is 6.03 Å². The summed E-state index contributed by atoms with van der Waals surface area (Å²) >= 11 is 0. The van der Waals surface area contributed by atoms with Crippen LogP contribution in [-0.4, -0.2) is 42.3 Å². The second-order valence-electron chi connectivity index (χ2n) is 5.10. The van der Waals surface area contributed by atoms with Crippen molar-refractivity contribution >= 4 is 6.03 Å². The van der Waals surface area contributed by atoms with Gasteiger partial charge in [-0.2, -0.15) is 0 Å². The van der Waals surface area contributed by atoms with E-state index in [-0.39, 0.29) is 18.6 Å². The first-order valence-electron chi connectivity index (χ1n) is 6.97. The maximum absolute atomic E-state index is 12.0. The second kappa shape index (κ2) is 7.14. The summed E-state index contributed by atoms with van der Waals surface area (Å²) in [6, 6.07) is 10.1. The van der Waals surface area contributed by atoms with Crippen molar-refractivity contribution in [1.82, 2.24) is 10.2 Å². The lowest BCUT2D eigenvalue weighted by Gasteiger charge is -2.31. The Balaban J connectivity index is 1.72. The highest BCUT2D eigenvalue weighted by molar-refractivity contribution is 5.74. The van der Waals surface area contributed by atoms with E-state index in [1.165, 1.54) is 5.56 Å². The van der Waals surface area contributed by atoms with Gasteiger partial charge in [-0.25, -0.2) is 4.79 Å². The van der Waals surface area contributed by atoms with Crippen molar-refractivity contribution in [3.63, 3.8) is 0 Å². The molecule has 1 aliphatic rings. The van der Waals surface area contributed by atoms with Gasteiger partial charge in [-0.15, -0.1) is 0 Å². The minimum Gasteiger partial charge on any atom is -0.396 e. The molecule has 1 aliphatic heterocycles. The Kier molecular flexibility index (Phi) is 5.21. The molecule has 4 nitrogen and oxygen atoms in total. The van der Waals surface area contributed by atoms with Crippen LogP contribution >= 0.6 is 0 Å². The van der Waals surface area contributed by atoms with Crippen molar-refractivity contribution in [2.45, 2.75) is 19.3 Å². The molecular weight excluding hydrogens is 240 g/mol. The molecule has 0 radical (unpaired) electrons. The van der Waals surface area contributed by atoms with Crippen LogP contribution in [0.2, 0.25) is 0 Å². The highest BCUT2D eigenvalue weighted by atomic mass is 16.3. The van der Waals surface area contributed by atoms with Gasteiger partial charge in [0, 0.05) is 26.2 Å². The quantitative estimate of drug-likeness (QED) is 0.866. The molecule has 1 saturated heterocycles. The minimum atomic E-state index is -0.00548. The van der Waals surface area contributed by atoms with Crippen LogP contribution in [0.3, 0.4) is 0 Å². The van der Waals surface area contributed by atoms with Gasteiger partial charge in [0.2, 0.25) is 0 Å². The molecule has 2 amide bonds. The number of likely N-dealkylation sites (tertiary alicyclic amines) is 1. The number of nitrogens with one attached hydrogen (secondary N) is 1. The van der Waals surface area contributed by atoms with Gasteiger partial charge in [0.05, 0.1) is 0 Å². The molecule has 104 valence electrons. The summed E-state index contributed by atoms with van der Waals surface area (Å²) in [7, 11) is 0. The normalized spacial score (nSPS) is 19.2. The van der Waals surface area contributed by atoms with Gasteiger partial charge in [0.15, 0.2) is 0 Å². The van der Waals surface area contributed by atoms with E-state index in [2.05, 4.69) is 17.4 Å². The maximum atomic E-state index is 12.0. The van der Waals surface area contributed by atoms with E-state index in [4.69, 9.17) is 5.11 Å². The molecule has 1 atom stereocenters. The molecule has 0 aromatic heterocycles. The zero-order valence-electron chi connectivity index (χ0n) is 11.2. The molecule has 1 fully saturated rings. The van der Waals surface area contributed by atoms with Crippen molar-refractivity contribution in [3.05, 3.63) is 35.9 Å². The Bertz CT molecular complexity index is 394. The first kappa shape index (κ1) is 13.9. The van der Waals surface area contributed by atoms with E-state index in [0.717, 1.165) is 25.8 Å². The highest BCUT2D eigenvalue weighted by Gasteiger charge is 2.22. The molecule has 2 N–H and O–H groups in total. The van der Waals surface area contributed by atoms with E-state index in [1.807, 2.05) is 23.1 Å². The van der Waals surface area contributed by atoms with Crippen molar-refractivity contribution in [1.29, 1.82) is 0 Å². The number of hydrogen-bond acceptors (Lipinski definition) is 2. The molecule has 4 heteroatoms. The number of carbonyl (C=O) groups is 1. The van der Waals surface area contributed by atoms with Gasteiger partial charge < -0.3 is 15.3 Å². The molecule has 0 saturated carbocycles. The number of aliphatic hydroxyl groups excluding tert-OH is 1. The Labute approximate surface area is 114 Å². The molecule has 2 rings (SSSR count). The van der Waals surface area contributed by atoms with Gasteiger partial charge in [0.1, 0.15) is 0 Å². The Hall–Kier alpha value is -1.55. The summed E-state index contributed by atoms with van der Waals surface area (Å²) < 4.78 is 0. The lowest BCUT2D eigenvalue weighted by molar-refractivity contribution is 0.129. The number of nitrogens with zero attached hydrogens (tertiary/aromatic N) is 1. The number of piperidine rings is 1. The number of hydrogen-bond donors (Lipinski definition) is 2. The molecule has 0 bridgehead atoms. The van der Waals surface area contributed by atoms with Crippen molar-refractivity contribution in [2.75, 3.05) is 26.2 Å².